The van der Waals surface area contributed by atoms with E-state index in [0.717, 1.165) is 5.69 Å². The number of amides is 1. The number of nitrogens with zero attached hydrogens (tertiary/aromatic N) is 2. The van der Waals surface area contributed by atoms with Gasteiger partial charge in [-0.05, 0) is 38.7 Å². The first kappa shape index (κ1) is 16.7. The predicted molar refractivity (Wildman–Crippen MR) is 79.9 cm³/mol. The molecule has 0 aromatic carbocycles. The molecule has 5 heteroatoms. The van der Waals surface area contributed by atoms with Crippen LogP contribution >= 0.6 is 0 Å². The third kappa shape index (κ3) is 4.07. The summed E-state index contributed by atoms with van der Waals surface area (Å²) in [6.07, 6.45) is 0. The van der Waals surface area contributed by atoms with Crippen molar-refractivity contribution >= 4 is 5.91 Å². The molecule has 0 bridgehead atoms. The van der Waals surface area contributed by atoms with Gasteiger partial charge in [0.2, 0.25) is 0 Å². The van der Waals surface area contributed by atoms with Crippen molar-refractivity contribution in [2.45, 2.75) is 53.0 Å². The van der Waals surface area contributed by atoms with Crippen molar-refractivity contribution in [1.29, 1.82) is 0 Å². The van der Waals surface area contributed by atoms with Crippen LogP contribution in [0.5, 0.6) is 0 Å². The minimum absolute atomic E-state index is 0.0493. The average Bonchev–Trinajstić information content (AvgIpc) is 2.80. The summed E-state index contributed by atoms with van der Waals surface area (Å²) in [6, 6.07) is 1.86. The van der Waals surface area contributed by atoms with Crippen molar-refractivity contribution in [3.05, 3.63) is 17.5 Å². The van der Waals surface area contributed by atoms with Gasteiger partial charge in [0, 0.05) is 18.8 Å². The highest BCUT2D eigenvalue weighted by atomic mass is 16.3. The summed E-state index contributed by atoms with van der Waals surface area (Å²) in [5.74, 6) is 0.170. The maximum atomic E-state index is 12.1. The zero-order valence-corrected chi connectivity index (χ0v) is 13.4. The van der Waals surface area contributed by atoms with Crippen LogP contribution in [-0.2, 0) is 5.54 Å². The molecule has 1 atom stereocenters. The summed E-state index contributed by atoms with van der Waals surface area (Å²) >= 11 is 0. The Bertz CT molecular complexity index is 458. The Kier molecular flexibility index (Phi) is 5.34. The highest BCUT2D eigenvalue weighted by Crippen LogP contribution is 2.23. The number of carbonyl (C=O) groups excluding carboxylic acids is 1. The lowest BCUT2D eigenvalue weighted by Gasteiger charge is -2.23. The quantitative estimate of drug-likeness (QED) is 0.868. The molecule has 5 nitrogen and oxygen atoms in total. The maximum Gasteiger partial charge on any atom is 0.271 e. The van der Waals surface area contributed by atoms with Crippen LogP contribution in [0.3, 0.4) is 0 Å². The summed E-state index contributed by atoms with van der Waals surface area (Å²) in [4.78, 5) is 12.1. The van der Waals surface area contributed by atoms with Gasteiger partial charge in [-0.25, -0.2) is 0 Å². The molecule has 1 unspecified atom stereocenters. The van der Waals surface area contributed by atoms with Gasteiger partial charge in [-0.3, -0.25) is 9.48 Å². The molecule has 0 saturated carbocycles. The van der Waals surface area contributed by atoms with Gasteiger partial charge in [-0.15, -0.1) is 0 Å². The molecule has 0 aliphatic heterocycles. The van der Waals surface area contributed by atoms with Crippen molar-refractivity contribution in [1.82, 2.24) is 15.1 Å². The molecule has 1 rings (SSSR count). The van der Waals surface area contributed by atoms with E-state index in [2.05, 4.69) is 45.0 Å². The van der Waals surface area contributed by atoms with Crippen LogP contribution in [0.2, 0.25) is 0 Å². The molecule has 0 spiro atoms. The van der Waals surface area contributed by atoms with E-state index >= 15 is 0 Å². The molecule has 0 radical (unpaired) electrons. The molecule has 1 aromatic heterocycles. The number of nitrogens with one attached hydrogen (secondary N) is 1. The summed E-state index contributed by atoms with van der Waals surface area (Å²) < 4.78 is 1.92. The number of aromatic nitrogens is 2. The molecule has 20 heavy (non-hydrogen) atoms. The maximum absolute atomic E-state index is 12.1. The third-order valence-electron chi connectivity index (χ3n) is 3.12. The molecule has 0 saturated heterocycles. The number of aliphatic hydroxyl groups excluding tert-OH is 1. The lowest BCUT2D eigenvalue weighted by Crippen LogP contribution is -2.30. The minimum atomic E-state index is -0.185. The van der Waals surface area contributed by atoms with E-state index in [9.17, 15) is 4.79 Å². The first-order valence-corrected chi connectivity index (χ1v) is 7.16. The number of hydrogen-bond acceptors (Lipinski definition) is 3. The standard InChI is InChI=1S/C15H27N3O2/c1-10(2)13-7-12(17-18(13)15(4,5)6)14(20)16-8-11(3)9-19/h7,10-11,19H,8-9H2,1-6H3,(H,16,20). The van der Waals surface area contributed by atoms with E-state index in [4.69, 9.17) is 5.11 Å². The first-order valence-electron chi connectivity index (χ1n) is 7.16. The number of carbonyl (C=O) groups is 1. The Morgan fingerprint density at radius 1 is 1.40 bits per heavy atom. The fraction of sp³-hybridized carbons (Fsp3) is 0.733. The summed E-state index contributed by atoms with van der Waals surface area (Å²) in [5, 5.41) is 16.2. The predicted octanol–water partition coefficient (Wildman–Crippen LogP) is 2.12. The molecule has 1 heterocycles. The Morgan fingerprint density at radius 3 is 2.40 bits per heavy atom. The molecule has 0 aliphatic carbocycles. The van der Waals surface area contributed by atoms with Crippen molar-refractivity contribution in [2.24, 2.45) is 5.92 Å². The molecule has 0 aliphatic rings. The molecule has 0 fully saturated rings. The fourth-order valence-electron chi connectivity index (χ4n) is 1.88. The molecule has 2 N–H and O–H groups in total. The summed E-state index contributed by atoms with van der Waals surface area (Å²) in [5.41, 5.74) is 1.34. The van der Waals surface area contributed by atoms with E-state index < -0.39 is 0 Å². The average molecular weight is 281 g/mol. The van der Waals surface area contributed by atoms with Crippen LogP contribution in [0.4, 0.5) is 0 Å². The molecule has 114 valence electrons. The number of aliphatic hydroxyl groups is 1. The van der Waals surface area contributed by atoms with E-state index in [1.165, 1.54) is 0 Å². The molecular formula is C15H27N3O2. The van der Waals surface area contributed by atoms with Crippen LogP contribution in [0.25, 0.3) is 0 Å². The van der Waals surface area contributed by atoms with E-state index in [-0.39, 0.29) is 24.0 Å². The van der Waals surface area contributed by atoms with Crippen molar-refractivity contribution in [3.8, 4) is 0 Å². The first-order chi connectivity index (χ1) is 9.16. The van der Waals surface area contributed by atoms with Gasteiger partial charge in [-0.2, -0.15) is 5.10 Å². The number of rotatable bonds is 5. The van der Waals surface area contributed by atoms with Gasteiger partial charge in [-0.1, -0.05) is 20.8 Å². The van der Waals surface area contributed by atoms with Gasteiger partial charge in [0.25, 0.3) is 5.91 Å². The molecule has 1 aromatic rings. The van der Waals surface area contributed by atoms with Crippen molar-refractivity contribution in [3.63, 3.8) is 0 Å². The Balaban J connectivity index is 2.94. The SMILES string of the molecule is CC(CO)CNC(=O)c1cc(C(C)C)n(C(C)(C)C)n1. The zero-order chi connectivity index (χ0) is 15.5. The zero-order valence-electron chi connectivity index (χ0n) is 13.4. The van der Waals surface area contributed by atoms with Crippen molar-refractivity contribution < 1.29 is 9.90 Å². The van der Waals surface area contributed by atoms with Gasteiger partial charge in [0.05, 0.1) is 5.54 Å². The Labute approximate surface area is 121 Å². The highest BCUT2D eigenvalue weighted by molar-refractivity contribution is 5.92. The Morgan fingerprint density at radius 2 is 2.00 bits per heavy atom. The molecule has 1 amide bonds. The molecular weight excluding hydrogens is 254 g/mol. The van der Waals surface area contributed by atoms with E-state index in [1.807, 2.05) is 17.7 Å². The van der Waals surface area contributed by atoms with E-state index in [1.54, 1.807) is 0 Å². The van der Waals surface area contributed by atoms with Crippen LogP contribution < -0.4 is 5.32 Å². The second-order valence-electron chi connectivity index (χ2n) is 6.69. The van der Waals surface area contributed by atoms with E-state index in [0.29, 0.717) is 18.2 Å². The van der Waals surface area contributed by atoms with Gasteiger partial charge >= 0.3 is 0 Å². The second-order valence-corrected chi connectivity index (χ2v) is 6.69. The van der Waals surface area contributed by atoms with Crippen LogP contribution in [0.1, 0.15) is 63.6 Å². The van der Waals surface area contributed by atoms with Crippen LogP contribution in [0.15, 0.2) is 6.07 Å². The number of hydrogen-bond donors (Lipinski definition) is 2. The smallest absolute Gasteiger partial charge is 0.271 e. The highest BCUT2D eigenvalue weighted by Gasteiger charge is 2.23. The lowest BCUT2D eigenvalue weighted by atomic mass is 10.1. The van der Waals surface area contributed by atoms with Crippen molar-refractivity contribution in [2.75, 3.05) is 13.2 Å². The van der Waals surface area contributed by atoms with Gasteiger partial charge in [0.1, 0.15) is 5.69 Å². The van der Waals surface area contributed by atoms with Crippen LogP contribution in [-0.4, -0.2) is 33.9 Å². The summed E-state index contributed by atoms with van der Waals surface area (Å²) in [6.45, 7) is 12.8. The van der Waals surface area contributed by atoms with Gasteiger partial charge < -0.3 is 10.4 Å². The monoisotopic (exact) mass is 281 g/mol. The third-order valence-corrected chi connectivity index (χ3v) is 3.12. The second kappa shape index (κ2) is 6.39. The topological polar surface area (TPSA) is 67.2 Å². The lowest BCUT2D eigenvalue weighted by molar-refractivity contribution is 0.0935. The Hall–Kier alpha value is -1.36. The van der Waals surface area contributed by atoms with Crippen LogP contribution in [0, 0.1) is 5.92 Å². The minimum Gasteiger partial charge on any atom is -0.396 e. The fourth-order valence-corrected chi connectivity index (χ4v) is 1.88. The van der Waals surface area contributed by atoms with Gasteiger partial charge in [0.15, 0.2) is 0 Å². The normalized spacial score (nSPS) is 13.6. The largest absolute Gasteiger partial charge is 0.396 e. The summed E-state index contributed by atoms with van der Waals surface area (Å²) in [7, 11) is 0.